The molecule has 0 aliphatic rings. The Morgan fingerprint density at radius 1 is 1.26 bits per heavy atom. The molecule has 1 rings (SSSR count). The molecule has 0 bridgehead atoms. The van der Waals surface area contributed by atoms with E-state index in [9.17, 15) is 31.2 Å². The number of alkyl halides is 4. The van der Waals surface area contributed by atoms with Crippen molar-refractivity contribution in [1.82, 2.24) is 0 Å². The van der Waals surface area contributed by atoms with Gasteiger partial charge in [0.25, 0.3) is 10.1 Å². The van der Waals surface area contributed by atoms with Crippen LogP contribution < -0.4 is 4.74 Å². The summed E-state index contributed by atoms with van der Waals surface area (Å²) in [5.74, 6) is -4.46. The van der Waals surface area contributed by atoms with Crippen molar-refractivity contribution < 1.29 is 45.2 Å². The minimum absolute atomic E-state index is 0.259. The average molecular weight is 748 g/mol. The molecule has 1 aromatic carbocycles. The summed E-state index contributed by atoms with van der Waals surface area (Å²) in [6.07, 6.45) is -8.34. The predicted octanol–water partition coefficient (Wildman–Crippen LogP) is 3.60. The van der Waals surface area contributed by atoms with Gasteiger partial charge in [-0.25, -0.2) is 4.79 Å². The number of hydrogen-bond acceptors (Lipinski definition) is 6. The van der Waals surface area contributed by atoms with Gasteiger partial charge in [0, 0.05) is 3.57 Å². The van der Waals surface area contributed by atoms with E-state index < -0.39 is 49.6 Å². The van der Waals surface area contributed by atoms with E-state index in [2.05, 4.69) is 4.74 Å². The van der Waals surface area contributed by atoms with Gasteiger partial charge in [0.05, 0.1) is 3.57 Å². The Kier molecular flexibility index (Phi) is 9.01. The lowest BCUT2D eigenvalue weighted by Gasteiger charge is -2.20. The van der Waals surface area contributed by atoms with Crippen LogP contribution in [0, 0.1) is 7.14 Å². The van der Waals surface area contributed by atoms with Gasteiger partial charge in [0.2, 0.25) is 6.10 Å². The number of ether oxygens (including phenoxy) is 2. The zero-order valence-corrected chi connectivity index (χ0v) is 20.4. The maximum absolute atomic E-state index is 13.0. The maximum atomic E-state index is 13.0. The molecule has 0 aromatic heterocycles. The van der Waals surface area contributed by atoms with Gasteiger partial charge in [0.15, 0.2) is 5.75 Å². The summed E-state index contributed by atoms with van der Waals surface area (Å²) in [5, 5.41) is 0. The van der Waals surface area contributed by atoms with Gasteiger partial charge in [-0.15, -0.1) is 0 Å². The molecule has 0 saturated carbocycles. The normalized spacial score (nSPS) is 14.4. The van der Waals surface area contributed by atoms with Crippen LogP contribution in [0.3, 0.4) is 0 Å². The van der Waals surface area contributed by atoms with Gasteiger partial charge in [0.1, 0.15) is 15.2 Å². The lowest BCUT2D eigenvalue weighted by molar-refractivity contribution is -0.197. The largest absolute Gasteiger partial charge is 0.448 e. The lowest BCUT2D eigenvalue weighted by atomic mass is 10.2. The monoisotopic (exact) mass is 748 g/mol. The number of hydrogen-bond donors (Lipinski definition) is 1. The van der Waals surface area contributed by atoms with Crippen molar-refractivity contribution in [3.63, 3.8) is 0 Å². The second-order valence-corrected chi connectivity index (χ2v) is 10.8. The van der Waals surface area contributed by atoms with Gasteiger partial charge in [-0.3, -0.25) is 9.35 Å². The summed E-state index contributed by atoms with van der Waals surface area (Å²) in [5.41, 5.74) is -0.485. The van der Waals surface area contributed by atoms with E-state index >= 15 is 0 Å². The minimum atomic E-state index is -5.24. The average Bonchev–Trinajstić information content (AvgIpc) is 2.46. The zero-order valence-electron chi connectivity index (χ0n) is 13.1. The number of esters is 2. The van der Waals surface area contributed by atoms with Crippen LogP contribution in [-0.4, -0.2) is 46.9 Å². The fraction of sp³-hybridized carbons (Fsp3) is 0.385. The van der Waals surface area contributed by atoms with E-state index in [1.807, 2.05) is 0 Å². The molecule has 1 aromatic rings. The molecule has 0 aliphatic carbocycles. The third-order valence-electron chi connectivity index (χ3n) is 2.73. The topological polar surface area (TPSA) is 107 Å². The molecule has 0 radical (unpaired) electrons. The van der Waals surface area contributed by atoms with Crippen LogP contribution in [0.4, 0.5) is 13.2 Å². The van der Waals surface area contributed by atoms with Crippen molar-refractivity contribution in [2.75, 3.05) is 5.75 Å². The molecule has 0 aliphatic heterocycles. The van der Waals surface area contributed by atoms with Crippen molar-refractivity contribution in [2.24, 2.45) is 0 Å². The van der Waals surface area contributed by atoms with Gasteiger partial charge in [-0.1, -0.05) is 22.6 Å². The van der Waals surface area contributed by atoms with Crippen LogP contribution in [0.2, 0.25) is 0 Å². The van der Waals surface area contributed by atoms with Gasteiger partial charge in [-0.05, 0) is 64.2 Å². The van der Waals surface area contributed by atoms with E-state index in [1.165, 1.54) is 13.0 Å². The highest BCUT2D eigenvalue weighted by Gasteiger charge is 2.46. The van der Waals surface area contributed by atoms with E-state index in [1.54, 1.807) is 67.8 Å². The van der Waals surface area contributed by atoms with Crippen LogP contribution in [0.5, 0.6) is 5.75 Å². The summed E-state index contributed by atoms with van der Waals surface area (Å²) < 4.78 is 78.6. The van der Waals surface area contributed by atoms with Crippen molar-refractivity contribution in [3.8, 4) is 5.75 Å². The molecule has 14 heteroatoms. The SMILES string of the molecule is CC(I)C(=O)Oc1c(I)cc(I)cc1C(=O)OC(CS(=O)(=O)O)C(F)(F)F. The van der Waals surface area contributed by atoms with Gasteiger partial charge < -0.3 is 9.47 Å². The molecule has 2 atom stereocenters. The van der Waals surface area contributed by atoms with E-state index in [0.29, 0.717) is 3.57 Å². The first-order valence-electron chi connectivity index (χ1n) is 6.69. The Morgan fingerprint density at radius 2 is 1.81 bits per heavy atom. The highest BCUT2D eigenvalue weighted by Crippen LogP contribution is 2.32. The van der Waals surface area contributed by atoms with Crippen LogP contribution in [0.15, 0.2) is 12.1 Å². The molecule has 7 nitrogen and oxygen atoms in total. The van der Waals surface area contributed by atoms with Gasteiger partial charge in [-0.2, -0.15) is 21.6 Å². The number of benzene rings is 1. The van der Waals surface area contributed by atoms with Crippen LogP contribution in [0.1, 0.15) is 17.3 Å². The van der Waals surface area contributed by atoms with Gasteiger partial charge >= 0.3 is 18.1 Å². The molecular weight excluding hydrogens is 738 g/mol. The second-order valence-electron chi connectivity index (χ2n) is 4.99. The summed E-state index contributed by atoms with van der Waals surface area (Å²) in [6, 6.07) is 2.64. The Balaban J connectivity index is 3.30. The third kappa shape index (κ3) is 8.13. The molecule has 0 spiro atoms. The van der Waals surface area contributed by atoms with Crippen molar-refractivity contribution in [1.29, 1.82) is 0 Å². The fourth-order valence-electron chi connectivity index (χ4n) is 1.58. The Labute approximate surface area is 192 Å². The summed E-state index contributed by atoms with van der Waals surface area (Å²) in [7, 11) is -5.08. The van der Waals surface area contributed by atoms with E-state index in [0.717, 1.165) is 6.07 Å². The third-order valence-corrected chi connectivity index (χ3v) is 5.39. The number of carbonyl (C=O) groups excluding carboxylic acids is 2. The Bertz CT molecular complexity index is 840. The molecular formula is C13H10F3I3O7S. The van der Waals surface area contributed by atoms with Crippen LogP contribution in [0.25, 0.3) is 0 Å². The number of rotatable bonds is 6. The number of carbonyl (C=O) groups is 2. The fourth-order valence-corrected chi connectivity index (χ4v) is 4.30. The van der Waals surface area contributed by atoms with Crippen molar-refractivity contribution in [3.05, 3.63) is 24.8 Å². The summed E-state index contributed by atoms with van der Waals surface area (Å²) in [6.45, 7) is 1.51. The molecule has 27 heavy (non-hydrogen) atoms. The molecule has 152 valence electrons. The lowest BCUT2D eigenvalue weighted by Crippen LogP contribution is -2.39. The summed E-state index contributed by atoms with van der Waals surface area (Å²) in [4.78, 5) is 24.1. The van der Waals surface area contributed by atoms with Crippen LogP contribution >= 0.6 is 67.8 Å². The zero-order chi connectivity index (χ0) is 21.2. The molecule has 0 fully saturated rings. The molecule has 2 unspecified atom stereocenters. The molecule has 0 amide bonds. The van der Waals surface area contributed by atoms with Crippen LogP contribution in [-0.2, 0) is 19.6 Å². The first-order valence-corrected chi connectivity index (χ1v) is 11.7. The standard InChI is InChI=1S/C13H10F3I3O7S/c1-5(17)11(20)26-10-7(2-6(18)3-8(10)19)12(21)25-9(13(14,15)16)4-27(22,23)24/h2-3,5,9H,4H2,1H3,(H,22,23,24). The summed E-state index contributed by atoms with van der Waals surface area (Å²) >= 11 is 5.26. The van der Waals surface area contributed by atoms with Crippen molar-refractivity contribution >= 4 is 89.8 Å². The molecule has 1 N–H and O–H groups in total. The number of halogens is 6. The second kappa shape index (κ2) is 9.70. The van der Waals surface area contributed by atoms with E-state index in [4.69, 9.17) is 9.29 Å². The minimum Gasteiger partial charge on any atom is -0.448 e. The highest BCUT2D eigenvalue weighted by molar-refractivity contribution is 14.1. The molecule has 0 saturated heterocycles. The first kappa shape index (κ1) is 25.1. The van der Waals surface area contributed by atoms with E-state index in [-0.39, 0.29) is 9.32 Å². The maximum Gasteiger partial charge on any atom is 0.426 e. The predicted molar refractivity (Wildman–Crippen MR) is 113 cm³/mol. The smallest absolute Gasteiger partial charge is 0.426 e. The molecule has 0 heterocycles. The van der Waals surface area contributed by atoms with Crippen molar-refractivity contribution in [2.45, 2.75) is 23.1 Å². The first-order chi connectivity index (χ1) is 12.1. The Morgan fingerprint density at radius 3 is 2.26 bits per heavy atom. The highest BCUT2D eigenvalue weighted by atomic mass is 127. The quantitative estimate of drug-likeness (QED) is 0.156. The Hall–Kier alpha value is 0.0500.